The molecule has 10 heteroatoms. The normalized spacial score (nSPS) is 14.6. The first kappa shape index (κ1) is 28.7. The molecular weight excluding hydrogens is 521 g/mol. The fourth-order valence-corrected chi connectivity index (χ4v) is 4.92. The molecule has 0 saturated carbocycles. The number of hydrogen-bond donors (Lipinski definition) is 2. The minimum atomic E-state index is -0.628. The van der Waals surface area contributed by atoms with Gasteiger partial charge in [0.2, 0.25) is 5.91 Å². The molecule has 1 aromatic heterocycles. The van der Waals surface area contributed by atoms with Gasteiger partial charge in [0.15, 0.2) is 0 Å². The van der Waals surface area contributed by atoms with Crippen LogP contribution in [0, 0.1) is 5.82 Å². The van der Waals surface area contributed by atoms with Crippen LogP contribution in [0.25, 0.3) is 10.8 Å². The van der Waals surface area contributed by atoms with Gasteiger partial charge in [-0.15, -0.1) is 0 Å². The summed E-state index contributed by atoms with van der Waals surface area (Å²) in [7, 11) is 1.72. The van der Waals surface area contributed by atoms with E-state index in [1.165, 1.54) is 6.07 Å². The van der Waals surface area contributed by atoms with Gasteiger partial charge in [-0.1, -0.05) is 48.0 Å². The Labute approximate surface area is 233 Å². The average molecular weight is 556 g/mol. The summed E-state index contributed by atoms with van der Waals surface area (Å²) < 4.78 is 19.4. The van der Waals surface area contributed by atoms with Crippen LogP contribution in [0.2, 0.25) is 5.02 Å². The molecule has 1 fully saturated rings. The van der Waals surface area contributed by atoms with Gasteiger partial charge in [0.05, 0.1) is 11.1 Å². The second kappa shape index (κ2) is 14.2. The van der Waals surface area contributed by atoms with E-state index >= 15 is 0 Å². The van der Waals surface area contributed by atoms with Crippen molar-refractivity contribution >= 4 is 40.2 Å². The van der Waals surface area contributed by atoms with Crippen molar-refractivity contribution in [3.63, 3.8) is 0 Å². The smallest absolute Gasteiger partial charge is 0.412 e. The van der Waals surface area contributed by atoms with Crippen LogP contribution in [0.15, 0.2) is 54.7 Å². The Morgan fingerprint density at radius 1 is 1.18 bits per heavy atom. The highest BCUT2D eigenvalue weighted by atomic mass is 35.5. The molecule has 2 amide bonds. The number of ether oxygens (including phenoxy) is 1. The molecule has 2 aromatic carbocycles. The molecule has 1 atom stereocenters. The molecule has 0 unspecified atom stereocenters. The third-order valence-electron chi connectivity index (χ3n) is 7.07. The largest absolute Gasteiger partial charge is 0.447 e. The van der Waals surface area contributed by atoms with Gasteiger partial charge in [-0.05, 0) is 48.9 Å². The molecule has 4 rings (SSSR count). The topological polar surface area (TPSA) is 86.8 Å². The zero-order valence-corrected chi connectivity index (χ0v) is 22.9. The van der Waals surface area contributed by atoms with Crippen molar-refractivity contribution in [3.8, 4) is 0 Å². The van der Waals surface area contributed by atoms with Gasteiger partial charge in [-0.3, -0.25) is 10.1 Å². The molecule has 2 N–H and O–H groups in total. The molecule has 0 radical (unpaired) electrons. The number of halogens is 2. The number of fused-ring (bicyclic) bond motifs is 1. The summed E-state index contributed by atoms with van der Waals surface area (Å²) in [5.41, 5.74) is 0.590. The number of aryl methyl sites for hydroxylation is 1. The summed E-state index contributed by atoms with van der Waals surface area (Å²) in [6.07, 6.45) is 3.09. The van der Waals surface area contributed by atoms with E-state index in [9.17, 15) is 14.0 Å². The number of piperazine rings is 1. The summed E-state index contributed by atoms with van der Waals surface area (Å²) in [5, 5.41) is 8.00. The van der Waals surface area contributed by atoms with Crippen molar-refractivity contribution in [2.24, 2.45) is 0 Å². The minimum Gasteiger partial charge on any atom is -0.447 e. The lowest BCUT2D eigenvalue weighted by Crippen LogP contribution is -2.45. The molecule has 8 nitrogen and oxygen atoms in total. The van der Waals surface area contributed by atoms with Crippen LogP contribution in [0.4, 0.5) is 15.0 Å². The van der Waals surface area contributed by atoms with Crippen molar-refractivity contribution in [1.29, 1.82) is 0 Å². The summed E-state index contributed by atoms with van der Waals surface area (Å²) in [4.78, 5) is 34.0. The van der Waals surface area contributed by atoms with Crippen LogP contribution >= 0.6 is 11.6 Å². The van der Waals surface area contributed by atoms with Gasteiger partial charge < -0.3 is 19.9 Å². The number of nitrogens with zero attached hydrogens (tertiary/aromatic N) is 3. The van der Waals surface area contributed by atoms with Crippen molar-refractivity contribution in [1.82, 2.24) is 20.1 Å². The molecule has 0 spiro atoms. The van der Waals surface area contributed by atoms with Crippen LogP contribution in [0.3, 0.4) is 0 Å². The van der Waals surface area contributed by atoms with E-state index in [4.69, 9.17) is 16.3 Å². The molecule has 3 aromatic rings. The summed E-state index contributed by atoms with van der Waals surface area (Å²) in [6, 6.07) is 13.8. The Hall–Kier alpha value is -3.27. The van der Waals surface area contributed by atoms with Gasteiger partial charge in [0, 0.05) is 51.2 Å². The highest BCUT2D eigenvalue weighted by Crippen LogP contribution is 2.22. The molecule has 1 saturated heterocycles. The molecule has 1 aliphatic rings. The van der Waals surface area contributed by atoms with E-state index < -0.39 is 11.9 Å². The van der Waals surface area contributed by atoms with Crippen LogP contribution in [0.1, 0.15) is 24.8 Å². The average Bonchev–Trinajstić information content (AvgIpc) is 2.95. The van der Waals surface area contributed by atoms with Crippen LogP contribution in [0.5, 0.6) is 0 Å². The number of hydrogen-bond acceptors (Lipinski definition) is 6. The predicted octanol–water partition coefficient (Wildman–Crippen LogP) is 4.72. The van der Waals surface area contributed by atoms with Crippen LogP contribution in [-0.4, -0.2) is 79.2 Å². The lowest BCUT2D eigenvalue weighted by molar-refractivity contribution is -0.133. The number of anilines is 1. The van der Waals surface area contributed by atoms with Crippen molar-refractivity contribution < 1.29 is 18.7 Å². The van der Waals surface area contributed by atoms with Crippen LogP contribution in [-0.2, 0) is 16.0 Å². The standard InChI is InChI=1S/C29H35ClFN5O3/c1-35(27(37)12-11-21-8-4-10-25(31)28(21)30)24(9-5-15-36-16-13-32-14-17-36)20-39-29(38)34-26-18-22-6-2-3-7-23(22)19-33-26/h2-4,6-8,10,18-19,24,32H,5,9,11-17,20H2,1H3,(H,33,34,38)/t24-/m0/s1. The van der Waals surface area contributed by atoms with E-state index in [2.05, 4.69) is 20.5 Å². The second-order valence-electron chi connectivity index (χ2n) is 9.75. The van der Waals surface area contributed by atoms with E-state index in [0.29, 0.717) is 24.2 Å². The number of amides is 2. The molecule has 39 heavy (non-hydrogen) atoms. The molecule has 1 aliphatic heterocycles. The minimum absolute atomic E-state index is 0.0443. The first-order valence-electron chi connectivity index (χ1n) is 13.3. The Morgan fingerprint density at radius 3 is 2.74 bits per heavy atom. The number of carbonyl (C=O) groups is 2. The van der Waals surface area contributed by atoms with E-state index in [1.54, 1.807) is 36.3 Å². The monoisotopic (exact) mass is 555 g/mol. The van der Waals surface area contributed by atoms with Crippen molar-refractivity contribution in [3.05, 3.63) is 71.1 Å². The SMILES string of the molecule is CN(C(=O)CCc1cccc(F)c1Cl)[C@@H](CCCN1CCNCC1)COC(=O)Nc1cc2ccccc2cn1. The zero-order chi connectivity index (χ0) is 27.6. The Morgan fingerprint density at radius 2 is 1.95 bits per heavy atom. The van der Waals surface area contributed by atoms with Crippen LogP contribution < -0.4 is 10.6 Å². The first-order chi connectivity index (χ1) is 18.9. The molecule has 0 bridgehead atoms. The quantitative estimate of drug-likeness (QED) is 0.356. The maximum Gasteiger partial charge on any atom is 0.412 e. The number of likely N-dealkylation sites (N-methyl/N-ethyl adjacent to an activating group) is 1. The molecular formula is C29H35ClFN5O3. The highest BCUT2D eigenvalue weighted by molar-refractivity contribution is 6.31. The van der Waals surface area contributed by atoms with Gasteiger partial charge >= 0.3 is 6.09 Å². The van der Waals surface area contributed by atoms with Gasteiger partial charge in [0.1, 0.15) is 18.2 Å². The lowest BCUT2D eigenvalue weighted by Gasteiger charge is -2.30. The van der Waals surface area contributed by atoms with E-state index in [0.717, 1.165) is 49.9 Å². The number of aromatic nitrogens is 1. The number of rotatable bonds is 11. The van der Waals surface area contributed by atoms with Gasteiger partial charge in [0.25, 0.3) is 0 Å². The summed E-state index contributed by atoms with van der Waals surface area (Å²) in [5.74, 6) is -0.228. The van der Waals surface area contributed by atoms with E-state index in [-0.39, 0.29) is 30.0 Å². The van der Waals surface area contributed by atoms with Gasteiger partial charge in [-0.25, -0.2) is 14.2 Å². The summed E-state index contributed by atoms with van der Waals surface area (Å²) >= 11 is 6.07. The Balaban J connectivity index is 1.34. The fourth-order valence-electron chi connectivity index (χ4n) is 4.70. The number of carbonyl (C=O) groups excluding carboxylic acids is 2. The lowest BCUT2D eigenvalue weighted by atomic mass is 10.1. The van der Waals surface area contributed by atoms with Gasteiger partial charge in [-0.2, -0.15) is 0 Å². The van der Waals surface area contributed by atoms with E-state index in [1.807, 2.05) is 24.3 Å². The highest BCUT2D eigenvalue weighted by Gasteiger charge is 2.23. The second-order valence-corrected chi connectivity index (χ2v) is 10.1. The summed E-state index contributed by atoms with van der Waals surface area (Å²) in [6.45, 7) is 4.88. The molecule has 2 heterocycles. The first-order valence-corrected chi connectivity index (χ1v) is 13.7. The fraction of sp³-hybridized carbons (Fsp3) is 0.414. The van der Waals surface area contributed by atoms with Crippen molar-refractivity contribution in [2.45, 2.75) is 31.7 Å². The number of pyridine rings is 1. The third-order valence-corrected chi connectivity index (χ3v) is 7.49. The zero-order valence-electron chi connectivity index (χ0n) is 22.2. The Kier molecular flexibility index (Phi) is 10.5. The predicted molar refractivity (Wildman–Crippen MR) is 152 cm³/mol. The number of nitrogens with one attached hydrogen (secondary N) is 2. The maximum absolute atomic E-state index is 13.8. The third kappa shape index (κ3) is 8.36. The Bertz CT molecular complexity index is 1270. The number of benzene rings is 2. The molecule has 0 aliphatic carbocycles. The van der Waals surface area contributed by atoms with Crippen molar-refractivity contribution in [2.75, 3.05) is 51.7 Å². The molecule has 208 valence electrons. The maximum atomic E-state index is 13.8.